The molecule has 3 rings (SSSR count). The molecule has 0 radical (unpaired) electrons. The van der Waals surface area contributed by atoms with Crippen LogP contribution in [-0.2, 0) is 24.0 Å². The first-order valence-corrected chi connectivity index (χ1v) is 9.84. The lowest BCUT2D eigenvalue weighted by molar-refractivity contribution is -0.150. The van der Waals surface area contributed by atoms with Gasteiger partial charge in [0.1, 0.15) is 29.9 Å². The van der Waals surface area contributed by atoms with E-state index in [4.69, 9.17) is 15.3 Å². The van der Waals surface area contributed by atoms with E-state index in [-0.39, 0.29) is 41.2 Å². The second-order valence-electron chi connectivity index (χ2n) is 5.74. The molecular weight excluding hydrogens is 446 g/mol. The first-order valence-electron chi connectivity index (χ1n) is 7.91. The van der Waals surface area contributed by atoms with Gasteiger partial charge in [-0.1, -0.05) is 5.16 Å². The summed E-state index contributed by atoms with van der Waals surface area (Å²) in [5.74, 6) is -2.03. The monoisotopic (exact) mass is 463 g/mol. The quantitative estimate of drug-likeness (QED) is 0.285. The number of carboxylic acids is 1. The highest BCUT2D eigenvalue weighted by atomic mass is 35.5. The molecule has 14 heteroatoms. The lowest BCUT2D eigenvalue weighted by Crippen LogP contribution is -2.71. The summed E-state index contributed by atoms with van der Waals surface area (Å²) in [5, 5.41) is 17.0. The Bertz CT molecular complexity index is 888. The van der Waals surface area contributed by atoms with E-state index < -0.39 is 29.2 Å². The van der Waals surface area contributed by atoms with E-state index in [2.05, 4.69) is 15.5 Å². The number of methoxy groups -OCH3 is 1. The highest BCUT2D eigenvalue weighted by Crippen LogP contribution is 2.40. The Morgan fingerprint density at radius 3 is 2.76 bits per heavy atom. The number of hydrogen-bond acceptors (Lipinski definition) is 10. The second kappa shape index (κ2) is 9.43. The van der Waals surface area contributed by atoms with Crippen molar-refractivity contribution >= 4 is 64.1 Å². The van der Waals surface area contributed by atoms with Crippen LogP contribution < -0.4 is 11.1 Å². The molecule has 0 saturated carbocycles. The van der Waals surface area contributed by atoms with Gasteiger partial charge in [-0.05, 0) is 5.57 Å². The van der Waals surface area contributed by atoms with Crippen LogP contribution >= 0.6 is 35.5 Å². The molecule has 0 spiro atoms. The minimum atomic E-state index is -1.21. The van der Waals surface area contributed by atoms with Gasteiger partial charge in [0.25, 0.3) is 11.8 Å². The molecule has 1 aromatic heterocycles. The maximum absolute atomic E-state index is 12.6. The lowest BCUT2D eigenvalue weighted by Gasteiger charge is -2.49. The maximum Gasteiger partial charge on any atom is 0.352 e. The molecule has 11 nitrogen and oxygen atoms in total. The number of carbonyl (C=O) groups is 3. The average molecular weight is 464 g/mol. The molecule has 4 N–H and O–H groups in total. The van der Waals surface area contributed by atoms with Crippen molar-refractivity contribution in [3.63, 3.8) is 0 Å². The third-order valence-electron chi connectivity index (χ3n) is 4.02. The van der Waals surface area contributed by atoms with E-state index in [0.717, 1.165) is 11.3 Å². The molecule has 2 atom stereocenters. The number of carbonyl (C=O) groups excluding carboxylic acids is 2. The Morgan fingerprint density at radius 2 is 2.21 bits per heavy atom. The summed E-state index contributed by atoms with van der Waals surface area (Å²) in [6.45, 7) is 0.109. The molecule has 29 heavy (non-hydrogen) atoms. The fourth-order valence-corrected chi connectivity index (χ4v) is 4.75. The van der Waals surface area contributed by atoms with E-state index >= 15 is 0 Å². The normalized spacial score (nSPS) is 21.1. The SMILES string of the molecule is COCC1=C(C(=O)O)N2C(=O)C(NC(=O)/C(=N\OC)c3csc(N)n3)[C@H]2SC1.Cl. The Hall–Kier alpha value is -2.35. The number of oxime groups is 1. The zero-order valence-electron chi connectivity index (χ0n) is 15.3. The predicted octanol–water partition coefficient (Wildman–Crippen LogP) is -0.117. The van der Waals surface area contributed by atoms with Crippen LogP contribution in [-0.4, -0.2) is 76.5 Å². The molecular formula is C15H18ClN5O6S2. The van der Waals surface area contributed by atoms with Crippen molar-refractivity contribution in [1.29, 1.82) is 0 Å². The summed E-state index contributed by atoms with van der Waals surface area (Å²) < 4.78 is 5.02. The minimum absolute atomic E-state index is 0. The molecule has 2 aliphatic heterocycles. The van der Waals surface area contributed by atoms with Gasteiger partial charge in [-0.15, -0.1) is 35.5 Å². The van der Waals surface area contributed by atoms with Gasteiger partial charge in [-0.3, -0.25) is 14.5 Å². The van der Waals surface area contributed by atoms with Gasteiger partial charge in [-0.25, -0.2) is 9.78 Å². The van der Waals surface area contributed by atoms with Gasteiger partial charge in [0.15, 0.2) is 10.8 Å². The van der Waals surface area contributed by atoms with Crippen LogP contribution in [0.5, 0.6) is 0 Å². The highest BCUT2D eigenvalue weighted by Gasteiger charge is 2.54. The van der Waals surface area contributed by atoms with E-state index in [1.807, 2.05) is 0 Å². The Balaban J connectivity index is 0.00000300. The fourth-order valence-electron chi connectivity index (χ4n) is 2.87. The predicted molar refractivity (Wildman–Crippen MR) is 109 cm³/mol. The van der Waals surface area contributed by atoms with Crippen LogP contribution in [0.2, 0.25) is 0 Å². The van der Waals surface area contributed by atoms with Crippen molar-refractivity contribution in [3.05, 3.63) is 22.3 Å². The summed E-state index contributed by atoms with van der Waals surface area (Å²) in [4.78, 5) is 46.7. The number of ether oxygens (including phenoxy) is 1. The Morgan fingerprint density at radius 1 is 1.48 bits per heavy atom. The zero-order valence-corrected chi connectivity index (χ0v) is 17.7. The number of aromatic nitrogens is 1. The van der Waals surface area contributed by atoms with Crippen molar-refractivity contribution in [2.24, 2.45) is 5.16 Å². The smallest absolute Gasteiger partial charge is 0.352 e. The number of nitrogens with one attached hydrogen (secondary N) is 1. The van der Waals surface area contributed by atoms with Gasteiger partial charge in [0.2, 0.25) is 0 Å². The summed E-state index contributed by atoms with van der Waals surface area (Å²) in [6.07, 6.45) is 0. The van der Waals surface area contributed by atoms with Gasteiger partial charge < -0.3 is 25.7 Å². The number of nitrogen functional groups attached to an aromatic ring is 1. The molecule has 2 aliphatic rings. The zero-order chi connectivity index (χ0) is 20.4. The molecule has 0 bridgehead atoms. The van der Waals surface area contributed by atoms with Gasteiger partial charge in [0.05, 0.1) is 6.61 Å². The Kier molecular flexibility index (Phi) is 7.46. The topological polar surface area (TPSA) is 156 Å². The number of nitrogens with zero attached hydrogens (tertiary/aromatic N) is 3. The van der Waals surface area contributed by atoms with Crippen molar-refractivity contribution in [3.8, 4) is 0 Å². The van der Waals surface area contributed by atoms with Crippen LogP contribution in [0.15, 0.2) is 21.8 Å². The molecule has 1 unspecified atom stereocenters. The summed E-state index contributed by atoms with van der Waals surface area (Å²) in [5.41, 5.74) is 6.09. The van der Waals surface area contributed by atoms with Crippen LogP contribution in [0.3, 0.4) is 0 Å². The number of anilines is 1. The van der Waals surface area contributed by atoms with Crippen molar-refractivity contribution in [2.45, 2.75) is 11.4 Å². The third-order valence-corrected chi connectivity index (χ3v) is 6.03. The summed E-state index contributed by atoms with van der Waals surface area (Å²) in [7, 11) is 2.73. The third kappa shape index (κ3) is 4.32. The molecule has 0 aromatic carbocycles. The first-order chi connectivity index (χ1) is 13.4. The standard InChI is InChI=1S/C15H17N5O6S2.ClH/c1-25-3-6-4-27-13-9(12(22)20(13)10(6)14(23)24)18-11(21)8(19-26-2)7-5-28-15(16)17-7;/h5,9,13H,3-4H2,1-2H3,(H2,16,17)(H,18,21)(H,23,24);1H/b19-8-;/t9?,13-;/m1./s1. The Labute approximate surface area is 179 Å². The molecule has 1 fully saturated rings. The molecule has 0 aliphatic carbocycles. The van der Waals surface area contributed by atoms with Gasteiger partial charge in [-0.2, -0.15) is 0 Å². The fraction of sp³-hybridized carbons (Fsp3) is 0.400. The van der Waals surface area contributed by atoms with Crippen LogP contribution in [0, 0.1) is 0 Å². The number of hydrogen-bond donors (Lipinski definition) is 3. The van der Waals surface area contributed by atoms with Crippen molar-refractivity contribution in [1.82, 2.24) is 15.2 Å². The number of fused-ring (bicyclic) bond motifs is 1. The van der Waals surface area contributed by atoms with Crippen molar-refractivity contribution < 1.29 is 29.1 Å². The number of nitrogens with two attached hydrogens (primary N) is 1. The number of β-lactam (4-membered cyclic amide) rings is 1. The molecule has 1 saturated heterocycles. The molecule has 1 aromatic rings. The van der Waals surface area contributed by atoms with Gasteiger partial charge >= 0.3 is 5.97 Å². The molecule has 158 valence electrons. The number of halogens is 1. The molecule has 2 amide bonds. The highest BCUT2D eigenvalue weighted by molar-refractivity contribution is 8.00. The second-order valence-corrected chi connectivity index (χ2v) is 7.74. The summed E-state index contributed by atoms with van der Waals surface area (Å²) >= 11 is 2.47. The number of thiazole rings is 1. The average Bonchev–Trinajstić information content (AvgIpc) is 3.09. The number of thioether (sulfide) groups is 1. The van der Waals surface area contributed by atoms with Crippen molar-refractivity contribution in [2.75, 3.05) is 32.3 Å². The largest absolute Gasteiger partial charge is 0.477 e. The number of amides is 2. The number of aliphatic carboxylic acids is 1. The first kappa shape index (κ1) is 22.9. The maximum atomic E-state index is 12.6. The minimum Gasteiger partial charge on any atom is -0.477 e. The van der Waals surface area contributed by atoms with Crippen LogP contribution in [0.4, 0.5) is 5.13 Å². The summed E-state index contributed by atoms with van der Waals surface area (Å²) in [6, 6.07) is -0.894. The van der Waals surface area contributed by atoms with E-state index in [1.54, 1.807) is 5.38 Å². The number of carboxylic acid groups (broad SMARTS) is 1. The van der Waals surface area contributed by atoms with E-state index in [9.17, 15) is 19.5 Å². The van der Waals surface area contributed by atoms with Gasteiger partial charge in [0, 0.05) is 18.2 Å². The van der Waals surface area contributed by atoms with Crippen LogP contribution in [0.1, 0.15) is 5.69 Å². The number of rotatable bonds is 7. The van der Waals surface area contributed by atoms with E-state index in [1.165, 1.54) is 30.9 Å². The lowest BCUT2D eigenvalue weighted by atomic mass is 10.0. The van der Waals surface area contributed by atoms with E-state index in [0.29, 0.717) is 11.3 Å². The van der Waals surface area contributed by atoms with Crippen LogP contribution in [0.25, 0.3) is 0 Å². The molecule has 3 heterocycles.